The summed E-state index contributed by atoms with van der Waals surface area (Å²) in [4.78, 5) is 15.6. The number of hydrogen-bond donors (Lipinski definition) is 1. The van der Waals surface area contributed by atoms with E-state index in [1.807, 2.05) is 39.8 Å². The number of halogens is 1. The molecule has 94 valence electrons. The Bertz CT molecular complexity index is 626. The number of carbonyl (C=O) groups excluding carboxylic acids is 1. The van der Waals surface area contributed by atoms with Gasteiger partial charge in [-0.25, -0.2) is 0 Å². The summed E-state index contributed by atoms with van der Waals surface area (Å²) in [5.41, 5.74) is 5.43. The second-order valence-corrected chi connectivity index (χ2v) is 5.08. The maximum absolute atomic E-state index is 12.4. The third kappa shape index (κ3) is 2.08. The van der Waals surface area contributed by atoms with Gasteiger partial charge in [-0.05, 0) is 50.5 Å². The second-order valence-electron chi connectivity index (χ2n) is 4.67. The Hall–Kier alpha value is -1.54. The summed E-state index contributed by atoms with van der Waals surface area (Å²) in [7, 11) is 0. The van der Waals surface area contributed by atoms with Crippen molar-refractivity contribution in [1.29, 1.82) is 0 Å². The van der Waals surface area contributed by atoms with E-state index in [4.69, 9.17) is 11.6 Å². The molecule has 2 nitrogen and oxygen atoms in total. The highest BCUT2D eigenvalue weighted by molar-refractivity contribution is 6.31. The van der Waals surface area contributed by atoms with Gasteiger partial charge in [0.2, 0.25) is 5.78 Å². The van der Waals surface area contributed by atoms with Crippen LogP contribution in [0.1, 0.15) is 38.4 Å². The van der Waals surface area contributed by atoms with Crippen molar-refractivity contribution in [3.8, 4) is 0 Å². The van der Waals surface area contributed by atoms with Crippen molar-refractivity contribution in [1.82, 2.24) is 4.98 Å². The first-order valence-electron chi connectivity index (χ1n) is 5.88. The molecule has 18 heavy (non-hydrogen) atoms. The van der Waals surface area contributed by atoms with Crippen LogP contribution >= 0.6 is 11.6 Å². The lowest BCUT2D eigenvalue weighted by atomic mass is 10.0. The predicted octanol–water partition coefficient (Wildman–Crippen LogP) is 4.13. The number of aryl methyl sites for hydroxylation is 2. The number of rotatable bonds is 2. The van der Waals surface area contributed by atoms with Crippen LogP contribution in [0.4, 0.5) is 0 Å². The van der Waals surface area contributed by atoms with Gasteiger partial charge in [-0.2, -0.15) is 0 Å². The Balaban J connectivity index is 2.48. The van der Waals surface area contributed by atoms with Gasteiger partial charge < -0.3 is 4.98 Å². The normalized spacial score (nSPS) is 10.7. The minimum atomic E-state index is -0.00870. The van der Waals surface area contributed by atoms with E-state index in [1.165, 1.54) is 0 Å². The molecule has 0 radical (unpaired) electrons. The topological polar surface area (TPSA) is 32.9 Å². The van der Waals surface area contributed by atoms with E-state index < -0.39 is 0 Å². The number of aromatic amines is 1. The number of carbonyl (C=O) groups is 1. The molecule has 0 fully saturated rings. The summed E-state index contributed by atoms with van der Waals surface area (Å²) in [6, 6.07) is 5.41. The fraction of sp³-hybridized carbons (Fsp3) is 0.267. The zero-order chi connectivity index (χ0) is 13.4. The Morgan fingerprint density at radius 1 is 1.11 bits per heavy atom. The van der Waals surface area contributed by atoms with E-state index in [0.717, 1.165) is 22.4 Å². The fourth-order valence-corrected chi connectivity index (χ4v) is 2.13. The molecular formula is C15H16ClNO. The van der Waals surface area contributed by atoms with Gasteiger partial charge in [-0.1, -0.05) is 23.7 Å². The lowest BCUT2D eigenvalue weighted by Crippen LogP contribution is -2.04. The first-order chi connectivity index (χ1) is 8.41. The minimum Gasteiger partial charge on any atom is -0.356 e. The number of nitrogens with one attached hydrogen (secondary N) is 1. The summed E-state index contributed by atoms with van der Waals surface area (Å²) < 4.78 is 0. The second kappa shape index (κ2) is 4.62. The van der Waals surface area contributed by atoms with Crippen LogP contribution in [0.2, 0.25) is 5.02 Å². The molecule has 0 bridgehead atoms. The number of hydrogen-bond acceptors (Lipinski definition) is 1. The van der Waals surface area contributed by atoms with Gasteiger partial charge in [0.15, 0.2) is 0 Å². The van der Waals surface area contributed by atoms with Crippen LogP contribution in [0.5, 0.6) is 0 Å². The van der Waals surface area contributed by atoms with Gasteiger partial charge in [-0.3, -0.25) is 4.79 Å². The van der Waals surface area contributed by atoms with Crippen molar-refractivity contribution in [2.45, 2.75) is 27.7 Å². The Kier molecular flexibility index (Phi) is 3.31. The van der Waals surface area contributed by atoms with Crippen molar-refractivity contribution in [3.63, 3.8) is 0 Å². The molecule has 0 amide bonds. The number of ketones is 1. The smallest absolute Gasteiger partial charge is 0.209 e. The molecule has 1 N–H and O–H groups in total. The van der Waals surface area contributed by atoms with E-state index in [9.17, 15) is 4.79 Å². The molecular weight excluding hydrogens is 246 g/mol. The minimum absolute atomic E-state index is 0.00870. The molecule has 3 heteroatoms. The monoisotopic (exact) mass is 261 g/mol. The highest BCUT2D eigenvalue weighted by Crippen LogP contribution is 2.22. The summed E-state index contributed by atoms with van der Waals surface area (Å²) in [5, 5.41) is 0.624. The maximum Gasteiger partial charge on any atom is 0.209 e. The van der Waals surface area contributed by atoms with Gasteiger partial charge >= 0.3 is 0 Å². The van der Waals surface area contributed by atoms with E-state index in [1.54, 1.807) is 6.07 Å². The molecule has 0 unspecified atom stereocenters. The van der Waals surface area contributed by atoms with Gasteiger partial charge in [0.05, 0.1) is 5.69 Å². The molecule has 2 rings (SSSR count). The van der Waals surface area contributed by atoms with Gasteiger partial charge in [0.1, 0.15) is 0 Å². The predicted molar refractivity (Wildman–Crippen MR) is 74.6 cm³/mol. The van der Waals surface area contributed by atoms with E-state index >= 15 is 0 Å². The van der Waals surface area contributed by atoms with Crippen molar-refractivity contribution < 1.29 is 4.79 Å². The van der Waals surface area contributed by atoms with Crippen LogP contribution in [0, 0.1) is 27.7 Å². The molecule has 0 atom stereocenters. The fourth-order valence-electron chi connectivity index (χ4n) is 1.95. The molecule has 1 aromatic heterocycles. The average molecular weight is 262 g/mol. The van der Waals surface area contributed by atoms with Crippen LogP contribution in [-0.4, -0.2) is 10.8 Å². The van der Waals surface area contributed by atoms with Crippen molar-refractivity contribution in [2.24, 2.45) is 0 Å². The highest BCUT2D eigenvalue weighted by Gasteiger charge is 2.17. The first-order valence-corrected chi connectivity index (χ1v) is 6.26. The molecule has 0 aliphatic heterocycles. The summed E-state index contributed by atoms with van der Waals surface area (Å²) in [5.74, 6) is -0.00870. The van der Waals surface area contributed by atoms with Crippen molar-refractivity contribution >= 4 is 17.4 Å². The van der Waals surface area contributed by atoms with Crippen LogP contribution < -0.4 is 0 Å². The molecule has 0 spiro atoms. The van der Waals surface area contributed by atoms with E-state index in [-0.39, 0.29) is 5.78 Å². The van der Waals surface area contributed by atoms with Crippen molar-refractivity contribution in [2.75, 3.05) is 0 Å². The van der Waals surface area contributed by atoms with E-state index in [0.29, 0.717) is 16.3 Å². The molecule has 1 heterocycles. The standard InChI is InChI=1S/C15H16ClNO/c1-8-5-6-12(7-13(8)16)15(18)14-10(3)9(2)11(4)17-14/h5-7,17H,1-4H3. The number of benzene rings is 1. The van der Waals surface area contributed by atoms with Crippen LogP contribution in [0.25, 0.3) is 0 Å². The molecule has 0 saturated heterocycles. The lowest BCUT2D eigenvalue weighted by Gasteiger charge is -2.03. The molecule has 2 aromatic rings. The maximum atomic E-state index is 12.4. The third-order valence-electron chi connectivity index (χ3n) is 3.47. The Morgan fingerprint density at radius 3 is 2.28 bits per heavy atom. The van der Waals surface area contributed by atoms with Gasteiger partial charge in [0, 0.05) is 16.3 Å². The SMILES string of the molecule is Cc1ccc(C(=O)c2[nH]c(C)c(C)c2C)cc1Cl. The molecule has 0 aliphatic rings. The van der Waals surface area contributed by atoms with Crippen molar-refractivity contribution in [3.05, 3.63) is 56.9 Å². The van der Waals surface area contributed by atoms with E-state index in [2.05, 4.69) is 4.98 Å². The highest BCUT2D eigenvalue weighted by atomic mass is 35.5. The third-order valence-corrected chi connectivity index (χ3v) is 3.88. The first kappa shape index (κ1) is 12.9. The van der Waals surface area contributed by atoms with Gasteiger partial charge in [-0.15, -0.1) is 0 Å². The Morgan fingerprint density at radius 2 is 1.78 bits per heavy atom. The van der Waals surface area contributed by atoms with Crippen LogP contribution in [-0.2, 0) is 0 Å². The molecule has 0 aliphatic carbocycles. The lowest BCUT2D eigenvalue weighted by molar-refractivity contribution is 0.103. The van der Waals surface area contributed by atoms with Crippen LogP contribution in [0.15, 0.2) is 18.2 Å². The summed E-state index contributed by atoms with van der Waals surface area (Å²) in [6.07, 6.45) is 0. The quantitative estimate of drug-likeness (QED) is 0.810. The summed E-state index contributed by atoms with van der Waals surface area (Å²) in [6.45, 7) is 7.87. The molecule has 1 aromatic carbocycles. The zero-order valence-electron chi connectivity index (χ0n) is 11.0. The van der Waals surface area contributed by atoms with Crippen LogP contribution in [0.3, 0.4) is 0 Å². The Labute approximate surface area is 112 Å². The largest absolute Gasteiger partial charge is 0.356 e. The molecule has 0 saturated carbocycles. The van der Waals surface area contributed by atoms with Gasteiger partial charge in [0.25, 0.3) is 0 Å². The summed E-state index contributed by atoms with van der Waals surface area (Å²) >= 11 is 6.06. The zero-order valence-corrected chi connectivity index (χ0v) is 11.8. The average Bonchev–Trinajstić information content (AvgIpc) is 2.60. The number of H-pyrrole nitrogens is 1. The number of aromatic nitrogens is 1.